The number of ether oxygens (including phenoxy) is 1. The van der Waals surface area contributed by atoms with Crippen LogP contribution in [0.1, 0.15) is 57.8 Å². The van der Waals surface area contributed by atoms with E-state index in [1.54, 1.807) is 0 Å². The molecule has 2 fully saturated rings. The quantitative estimate of drug-likeness (QED) is 0.750. The van der Waals surface area contributed by atoms with E-state index >= 15 is 0 Å². The summed E-state index contributed by atoms with van der Waals surface area (Å²) in [5, 5.41) is 11.9. The number of amides is 1. The van der Waals surface area contributed by atoms with Crippen LogP contribution in [0, 0.1) is 5.92 Å². The molecular weight excluding hydrogens is 258 g/mol. The molecule has 114 valence electrons. The Kier molecular flexibility index (Phi) is 5.40. The van der Waals surface area contributed by atoms with E-state index in [0.29, 0.717) is 12.3 Å². The van der Waals surface area contributed by atoms with Crippen LogP contribution in [0.3, 0.4) is 0 Å². The standard InChI is InChI=1S/C15H25NO4/c17-13(4-1-3-12-5-9-20-10-6-12)16-15(7-2-8-15)11-14(18)19/h12H,1-11H2,(H,16,17)(H,18,19). The van der Waals surface area contributed by atoms with Gasteiger partial charge in [0.15, 0.2) is 0 Å². The lowest BCUT2D eigenvalue weighted by Crippen LogP contribution is -2.54. The molecule has 20 heavy (non-hydrogen) atoms. The lowest BCUT2D eigenvalue weighted by Gasteiger charge is -2.41. The second-order valence-electron chi connectivity index (χ2n) is 6.20. The molecule has 2 rings (SSSR count). The second kappa shape index (κ2) is 7.07. The lowest BCUT2D eigenvalue weighted by molar-refractivity contribution is -0.140. The summed E-state index contributed by atoms with van der Waals surface area (Å²) < 4.78 is 5.32. The third-order valence-electron chi connectivity index (χ3n) is 4.56. The Morgan fingerprint density at radius 2 is 1.95 bits per heavy atom. The Morgan fingerprint density at radius 1 is 1.25 bits per heavy atom. The predicted molar refractivity (Wildman–Crippen MR) is 74.4 cm³/mol. The van der Waals surface area contributed by atoms with Crippen molar-refractivity contribution in [2.24, 2.45) is 5.92 Å². The van der Waals surface area contributed by atoms with Crippen LogP contribution in [-0.2, 0) is 14.3 Å². The zero-order valence-electron chi connectivity index (χ0n) is 12.0. The zero-order valence-corrected chi connectivity index (χ0v) is 12.0. The minimum atomic E-state index is -0.827. The summed E-state index contributed by atoms with van der Waals surface area (Å²) in [6.07, 6.45) is 7.33. The Morgan fingerprint density at radius 3 is 2.50 bits per heavy atom. The van der Waals surface area contributed by atoms with Gasteiger partial charge in [-0.3, -0.25) is 9.59 Å². The minimum absolute atomic E-state index is 0.0120. The average molecular weight is 283 g/mol. The monoisotopic (exact) mass is 283 g/mol. The molecular formula is C15H25NO4. The normalized spacial score (nSPS) is 22.0. The molecule has 0 aromatic carbocycles. The fraction of sp³-hybridized carbons (Fsp3) is 0.867. The summed E-state index contributed by atoms with van der Waals surface area (Å²) in [4.78, 5) is 22.8. The highest BCUT2D eigenvalue weighted by Crippen LogP contribution is 2.35. The number of carboxylic acids is 1. The smallest absolute Gasteiger partial charge is 0.305 e. The number of nitrogens with one attached hydrogen (secondary N) is 1. The van der Waals surface area contributed by atoms with Crippen molar-refractivity contribution >= 4 is 11.9 Å². The molecule has 2 N–H and O–H groups in total. The van der Waals surface area contributed by atoms with Gasteiger partial charge >= 0.3 is 5.97 Å². The third-order valence-corrected chi connectivity index (χ3v) is 4.56. The van der Waals surface area contributed by atoms with Crippen molar-refractivity contribution in [3.05, 3.63) is 0 Å². The summed E-state index contributed by atoms with van der Waals surface area (Å²) in [7, 11) is 0. The molecule has 0 aromatic heterocycles. The molecule has 0 bridgehead atoms. The van der Waals surface area contributed by atoms with Crippen molar-refractivity contribution in [3.63, 3.8) is 0 Å². The Balaban J connectivity index is 1.65. The molecule has 1 saturated heterocycles. The highest BCUT2D eigenvalue weighted by Gasteiger charge is 2.40. The molecule has 0 aromatic rings. The van der Waals surface area contributed by atoms with Gasteiger partial charge in [-0.1, -0.05) is 0 Å². The average Bonchev–Trinajstić information content (AvgIpc) is 2.37. The molecule has 0 spiro atoms. The molecule has 1 amide bonds. The van der Waals surface area contributed by atoms with Crippen LogP contribution in [0.2, 0.25) is 0 Å². The number of aliphatic carboxylic acids is 1. The Bertz CT molecular complexity index is 346. The van der Waals surface area contributed by atoms with Gasteiger partial charge in [0.1, 0.15) is 0 Å². The summed E-state index contributed by atoms with van der Waals surface area (Å²) in [5.74, 6) is -0.126. The number of hydrogen-bond donors (Lipinski definition) is 2. The van der Waals surface area contributed by atoms with Crippen LogP contribution in [0.5, 0.6) is 0 Å². The molecule has 0 atom stereocenters. The minimum Gasteiger partial charge on any atom is -0.481 e. The Hall–Kier alpha value is -1.10. The van der Waals surface area contributed by atoms with Gasteiger partial charge in [-0.05, 0) is 50.9 Å². The summed E-state index contributed by atoms with van der Waals surface area (Å²) in [5.41, 5.74) is -0.457. The van der Waals surface area contributed by atoms with Crippen LogP contribution in [0.4, 0.5) is 0 Å². The maximum Gasteiger partial charge on any atom is 0.305 e. The summed E-state index contributed by atoms with van der Waals surface area (Å²) in [6.45, 7) is 1.69. The van der Waals surface area contributed by atoms with E-state index in [2.05, 4.69) is 5.32 Å². The van der Waals surface area contributed by atoms with Crippen molar-refractivity contribution in [1.82, 2.24) is 5.32 Å². The SMILES string of the molecule is O=C(O)CC1(NC(=O)CCCC2CCOCC2)CCC1. The van der Waals surface area contributed by atoms with Gasteiger partial charge in [0.25, 0.3) is 0 Å². The number of carbonyl (C=O) groups excluding carboxylic acids is 1. The summed E-state index contributed by atoms with van der Waals surface area (Å²) in [6, 6.07) is 0. The van der Waals surface area contributed by atoms with Gasteiger partial charge in [0, 0.05) is 19.6 Å². The topological polar surface area (TPSA) is 75.6 Å². The van der Waals surface area contributed by atoms with Crippen LogP contribution in [0.25, 0.3) is 0 Å². The predicted octanol–water partition coefficient (Wildman–Crippen LogP) is 2.10. The largest absolute Gasteiger partial charge is 0.481 e. The zero-order chi connectivity index (χ0) is 14.4. The second-order valence-corrected chi connectivity index (χ2v) is 6.20. The van der Waals surface area contributed by atoms with E-state index in [1.165, 1.54) is 0 Å². The number of hydrogen-bond acceptors (Lipinski definition) is 3. The lowest BCUT2D eigenvalue weighted by atomic mass is 9.74. The first-order chi connectivity index (χ1) is 9.60. The van der Waals surface area contributed by atoms with E-state index in [-0.39, 0.29) is 12.3 Å². The van der Waals surface area contributed by atoms with Crippen LogP contribution >= 0.6 is 0 Å². The molecule has 2 aliphatic rings. The van der Waals surface area contributed by atoms with E-state index in [0.717, 1.165) is 58.2 Å². The van der Waals surface area contributed by atoms with Crippen molar-refractivity contribution in [1.29, 1.82) is 0 Å². The van der Waals surface area contributed by atoms with E-state index in [4.69, 9.17) is 9.84 Å². The van der Waals surface area contributed by atoms with Gasteiger partial charge in [0.2, 0.25) is 5.91 Å². The number of rotatable bonds is 7. The van der Waals surface area contributed by atoms with Crippen molar-refractivity contribution < 1.29 is 19.4 Å². The maximum atomic E-state index is 11.9. The highest BCUT2D eigenvalue weighted by molar-refractivity contribution is 5.78. The number of carboxylic acid groups (broad SMARTS) is 1. The van der Waals surface area contributed by atoms with Crippen LogP contribution in [0.15, 0.2) is 0 Å². The first-order valence-corrected chi connectivity index (χ1v) is 7.70. The van der Waals surface area contributed by atoms with Gasteiger partial charge in [-0.25, -0.2) is 0 Å². The van der Waals surface area contributed by atoms with Crippen molar-refractivity contribution in [2.45, 2.75) is 63.3 Å². The van der Waals surface area contributed by atoms with Crippen molar-refractivity contribution in [3.8, 4) is 0 Å². The van der Waals surface area contributed by atoms with Gasteiger partial charge < -0.3 is 15.2 Å². The maximum absolute atomic E-state index is 11.9. The Labute approximate surface area is 120 Å². The van der Waals surface area contributed by atoms with Crippen LogP contribution in [-0.4, -0.2) is 35.7 Å². The van der Waals surface area contributed by atoms with Gasteiger partial charge in [-0.15, -0.1) is 0 Å². The third kappa shape index (κ3) is 4.47. The molecule has 0 radical (unpaired) electrons. The summed E-state index contributed by atoms with van der Waals surface area (Å²) >= 11 is 0. The fourth-order valence-corrected chi connectivity index (χ4v) is 3.18. The van der Waals surface area contributed by atoms with E-state index < -0.39 is 11.5 Å². The molecule has 5 nitrogen and oxygen atoms in total. The molecule has 1 aliphatic carbocycles. The fourth-order valence-electron chi connectivity index (χ4n) is 3.18. The molecule has 1 heterocycles. The van der Waals surface area contributed by atoms with E-state index in [9.17, 15) is 9.59 Å². The van der Waals surface area contributed by atoms with Gasteiger partial charge in [0.05, 0.1) is 12.0 Å². The molecule has 1 saturated carbocycles. The van der Waals surface area contributed by atoms with Gasteiger partial charge in [-0.2, -0.15) is 0 Å². The first-order valence-electron chi connectivity index (χ1n) is 7.70. The van der Waals surface area contributed by atoms with Crippen LogP contribution < -0.4 is 5.32 Å². The molecule has 5 heteroatoms. The molecule has 0 unspecified atom stereocenters. The number of carbonyl (C=O) groups is 2. The molecule has 1 aliphatic heterocycles. The first kappa shape index (κ1) is 15.3. The van der Waals surface area contributed by atoms with Crippen molar-refractivity contribution in [2.75, 3.05) is 13.2 Å². The van der Waals surface area contributed by atoms with E-state index in [1.807, 2.05) is 0 Å². The highest BCUT2D eigenvalue weighted by atomic mass is 16.5.